The summed E-state index contributed by atoms with van der Waals surface area (Å²) in [5.74, 6) is -1.78. The second-order valence-corrected chi connectivity index (χ2v) is 8.40. The molecule has 2 aromatic rings. The van der Waals surface area contributed by atoms with Gasteiger partial charge in [-0.2, -0.15) is 0 Å². The number of fused-ring (bicyclic) bond motifs is 1. The lowest BCUT2D eigenvalue weighted by molar-refractivity contribution is -0.274. The number of rotatable bonds is 6. The van der Waals surface area contributed by atoms with E-state index in [2.05, 4.69) is 10.1 Å². The maximum absolute atomic E-state index is 13.5. The number of phenolic OH excluding ortho intramolecular Hbond substituents is 1. The number of halogens is 3. The number of hydrogen-bond donors (Lipinski definition) is 2. The van der Waals surface area contributed by atoms with Gasteiger partial charge in [0.15, 0.2) is 5.78 Å². The van der Waals surface area contributed by atoms with E-state index in [0.717, 1.165) is 24.3 Å². The number of ketones is 1. The molecule has 11 heteroatoms. The SMILES string of the molecule is O=C(NC(Cc1ccc(O)cc1)C(=O)N1CCCC2OCC(=O)C21)c1ccc(OC(F)(F)F)cc1. The fourth-order valence-corrected chi connectivity index (χ4v) is 4.36. The molecule has 8 nitrogen and oxygen atoms in total. The number of carbonyl (C=O) groups is 3. The van der Waals surface area contributed by atoms with Crippen LogP contribution in [0.25, 0.3) is 0 Å². The first-order chi connectivity index (χ1) is 16.6. The zero-order valence-electron chi connectivity index (χ0n) is 18.5. The van der Waals surface area contributed by atoms with Crippen molar-refractivity contribution >= 4 is 17.6 Å². The highest BCUT2D eigenvalue weighted by Crippen LogP contribution is 2.27. The third-order valence-corrected chi connectivity index (χ3v) is 5.96. The minimum absolute atomic E-state index is 0.0276. The number of benzene rings is 2. The fraction of sp³-hybridized carbons (Fsp3) is 0.375. The number of hydrogen-bond acceptors (Lipinski definition) is 6. The summed E-state index contributed by atoms with van der Waals surface area (Å²) in [6.07, 6.45) is -3.88. The first kappa shape index (κ1) is 24.5. The minimum atomic E-state index is -4.86. The lowest BCUT2D eigenvalue weighted by atomic mass is 9.95. The molecule has 0 saturated carbocycles. The van der Waals surface area contributed by atoms with Crippen molar-refractivity contribution in [2.24, 2.45) is 0 Å². The van der Waals surface area contributed by atoms with Crippen LogP contribution in [0.1, 0.15) is 28.8 Å². The molecule has 0 spiro atoms. The number of carbonyl (C=O) groups excluding carboxylic acids is 3. The number of Topliss-reactive ketones (excluding diaryl/α,β-unsaturated/α-hetero) is 1. The van der Waals surface area contributed by atoms with Gasteiger partial charge in [0.2, 0.25) is 5.91 Å². The molecule has 2 aliphatic rings. The summed E-state index contributed by atoms with van der Waals surface area (Å²) in [5, 5.41) is 12.2. The molecule has 2 aromatic carbocycles. The van der Waals surface area contributed by atoms with Crippen molar-refractivity contribution in [1.82, 2.24) is 10.2 Å². The monoisotopic (exact) mass is 492 g/mol. The third kappa shape index (κ3) is 5.91. The zero-order chi connectivity index (χ0) is 25.2. The number of ether oxygens (including phenoxy) is 2. The summed E-state index contributed by atoms with van der Waals surface area (Å²) in [6, 6.07) is 8.65. The highest BCUT2D eigenvalue weighted by molar-refractivity contribution is 5.99. The summed E-state index contributed by atoms with van der Waals surface area (Å²) in [4.78, 5) is 40.3. The zero-order valence-corrected chi connectivity index (χ0v) is 18.5. The molecule has 2 heterocycles. The molecule has 4 rings (SSSR count). The summed E-state index contributed by atoms with van der Waals surface area (Å²) in [7, 11) is 0. The van der Waals surface area contributed by atoms with Gasteiger partial charge in [0.1, 0.15) is 30.2 Å². The molecule has 0 aromatic heterocycles. The van der Waals surface area contributed by atoms with Crippen molar-refractivity contribution < 1.29 is 42.1 Å². The normalized spacial score (nSPS) is 20.8. The standard InChI is InChI=1S/C24H23F3N2O6/c25-24(26,27)35-17-9-5-15(6-10-17)22(32)28-18(12-14-3-7-16(30)8-4-14)23(33)29-11-1-2-20-21(29)19(31)13-34-20/h3-10,18,20-21,30H,1-2,11-13H2,(H,28,32). The Bertz CT molecular complexity index is 1090. The van der Waals surface area contributed by atoms with Crippen LogP contribution in [0.2, 0.25) is 0 Å². The molecule has 3 atom stereocenters. The summed E-state index contributed by atoms with van der Waals surface area (Å²) in [6.45, 7) is 0.265. The lowest BCUT2D eigenvalue weighted by Crippen LogP contribution is -2.58. The van der Waals surface area contributed by atoms with E-state index < -0.39 is 36.0 Å². The Morgan fingerprint density at radius 1 is 1.14 bits per heavy atom. The van der Waals surface area contributed by atoms with E-state index in [4.69, 9.17) is 4.74 Å². The number of likely N-dealkylation sites (tertiary alicyclic amines) is 1. The Labute approximate surface area is 198 Å². The largest absolute Gasteiger partial charge is 0.573 e. The van der Waals surface area contributed by atoms with Gasteiger partial charge in [-0.3, -0.25) is 14.4 Å². The number of nitrogens with one attached hydrogen (secondary N) is 1. The predicted molar refractivity (Wildman–Crippen MR) is 116 cm³/mol. The molecule has 2 amide bonds. The van der Waals surface area contributed by atoms with Crippen LogP contribution in [-0.4, -0.2) is 65.3 Å². The second-order valence-electron chi connectivity index (χ2n) is 8.40. The van der Waals surface area contributed by atoms with Crippen LogP contribution in [0.4, 0.5) is 13.2 Å². The van der Waals surface area contributed by atoms with Crippen LogP contribution in [0.5, 0.6) is 11.5 Å². The molecule has 186 valence electrons. The lowest BCUT2D eigenvalue weighted by Gasteiger charge is -2.37. The van der Waals surface area contributed by atoms with Crippen molar-refractivity contribution in [1.29, 1.82) is 0 Å². The van der Waals surface area contributed by atoms with Crippen LogP contribution >= 0.6 is 0 Å². The quantitative estimate of drug-likeness (QED) is 0.643. The van der Waals surface area contributed by atoms with E-state index in [0.29, 0.717) is 24.9 Å². The Morgan fingerprint density at radius 3 is 2.49 bits per heavy atom. The van der Waals surface area contributed by atoms with Crippen molar-refractivity contribution in [3.63, 3.8) is 0 Å². The number of alkyl halides is 3. The number of nitrogens with zero attached hydrogens (tertiary/aromatic N) is 1. The van der Waals surface area contributed by atoms with Gasteiger partial charge >= 0.3 is 6.36 Å². The molecule has 3 unspecified atom stereocenters. The van der Waals surface area contributed by atoms with Gasteiger partial charge < -0.3 is 24.8 Å². The van der Waals surface area contributed by atoms with E-state index in [1.807, 2.05) is 0 Å². The van der Waals surface area contributed by atoms with Gasteiger partial charge in [0, 0.05) is 18.5 Å². The topological polar surface area (TPSA) is 105 Å². The molecule has 35 heavy (non-hydrogen) atoms. The minimum Gasteiger partial charge on any atom is -0.508 e. The average molecular weight is 492 g/mol. The smallest absolute Gasteiger partial charge is 0.508 e. The van der Waals surface area contributed by atoms with Gasteiger partial charge in [-0.25, -0.2) is 0 Å². The Balaban J connectivity index is 1.54. The average Bonchev–Trinajstić information content (AvgIpc) is 3.20. The van der Waals surface area contributed by atoms with E-state index in [1.54, 1.807) is 12.1 Å². The van der Waals surface area contributed by atoms with Gasteiger partial charge in [0.05, 0.1) is 6.10 Å². The second kappa shape index (κ2) is 9.95. The molecule has 2 N–H and O–H groups in total. The molecule has 2 fully saturated rings. The number of amides is 2. The van der Waals surface area contributed by atoms with E-state index in [-0.39, 0.29) is 36.2 Å². The molecule has 2 saturated heterocycles. The van der Waals surface area contributed by atoms with Crippen LogP contribution < -0.4 is 10.1 Å². The van der Waals surface area contributed by atoms with Gasteiger partial charge in [-0.15, -0.1) is 13.2 Å². The van der Waals surface area contributed by atoms with Crippen LogP contribution in [0.15, 0.2) is 48.5 Å². The number of phenols is 1. The van der Waals surface area contributed by atoms with Crippen molar-refractivity contribution in [3.05, 3.63) is 59.7 Å². The highest BCUT2D eigenvalue weighted by atomic mass is 19.4. The first-order valence-corrected chi connectivity index (χ1v) is 11.0. The fourth-order valence-electron chi connectivity index (χ4n) is 4.36. The number of piperidine rings is 1. The van der Waals surface area contributed by atoms with Crippen molar-refractivity contribution in [2.75, 3.05) is 13.2 Å². The Hall–Kier alpha value is -3.60. The predicted octanol–water partition coefficient (Wildman–Crippen LogP) is 2.59. The Morgan fingerprint density at radius 2 is 1.83 bits per heavy atom. The van der Waals surface area contributed by atoms with E-state index >= 15 is 0 Å². The van der Waals surface area contributed by atoms with Crippen molar-refractivity contribution in [3.8, 4) is 11.5 Å². The van der Waals surface area contributed by atoms with E-state index in [9.17, 15) is 32.7 Å². The molecular formula is C24H23F3N2O6. The van der Waals surface area contributed by atoms with Crippen LogP contribution in [-0.2, 0) is 20.7 Å². The number of aromatic hydroxyl groups is 1. The first-order valence-electron chi connectivity index (χ1n) is 11.0. The van der Waals surface area contributed by atoms with E-state index in [1.165, 1.54) is 17.0 Å². The molecule has 2 aliphatic heterocycles. The van der Waals surface area contributed by atoms with Gasteiger partial charge in [0.25, 0.3) is 5.91 Å². The molecular weight excluding hydrogens is 469 g/mol. The summed E-state index contributed by atoms with van der Waals surface area (Å²) < 4.78 is 46.5. The maximum Gasteiger partial charge on any atom is 0.573 e. The molecule has 0 aliphatic carbocycles. The maximum atomic E-state index is 13.5. The third-order valence-electron chi connectivity index (χ3n) is 5.96. The van der Waals surface area contributed by atoms with Gasteiger partial charge in [-0.1, -0.05) is 12.1 Å². The molecule has 0 radical (unpaired) electrons. The van der Waals surface area contributed by atoms with Crippen LogP contribution in [0, 0.1) is 0 Å². The van der Waals surface area contributed by atoms with Crippen molar-refractivity contribution in [2.45, 2.75) is 43.8 Å². The Kier molecular flexibility index (Phi) is 6.97. The van der Waals surface area contributed by atoms with Crippen LogP contribution in [0.3, 0.4) is 0 Å². The molecule has 0 bridgehead atoms. The summed E-state index contributed by atoms with van der Waals surface area (Å²) in [5.41, 5.74) is 0.678. The summed E-state index contributed by atoms with van der Waals surface area (Å²) >= 11 is 0. The van der Waals surface area contributed by atoms with Gasteiger partial charge in [-0.05, 0) is 54.8 Å². The highest BCUT2D eigenvalue weighted by Gasteiger charge is 2.45.